The van der Waals surface area contributed by atoms with E-state index in [4.69, 9.17) is 9.47 Å². The minimum Gasteiger partial charge on any atom is -0.493 e. The van der Waals surface area contributed by atoms with E-state index in [1.54, 1.807) is 26.0 Å². The van der Waals surface area contributed by atoms with Crippen molar-refractivity contribution in [2.24, 2.45) is 0 Å². The Kier molecular flexibility index (Phi) is 5.31. The molecule has 0 fully saturated rings. The van der Waals surface area contributed by atoms with Crippen LogP contribution in [0.1, 0.15) is 18.1 Å². The highest BCUT2D eigenvalue weighted by Gasteiger charge is 2.25. The minimum absolute atomic E-state index is 0.289. The number of urea groups is 1. The number of nitrogens with zero attached hydrogens (tertiary/aromatic N) is 1. The highest BCUT2D eigenvalue weighted by Crippen LogP contribution is 2.33. The number of ether oxygens (including phenoxy) is 3. The zero-order valence-electron chi connectivity index (χ0n) is 13.8. The van der Waals surface area contributed by atoms with Gasteiger partial charge in [-0.05, 0) is 36.6 Å². The largest absolute Gasteiger partial charge is 0.493 e. The number of benzene rings is 1. The molecule has 0 saturated heterocycles. The molecular weight excluding hydrogens is 300 g/mol. The molecule has 0 saturated carbocycles. The van der Waals surface area contributed by atoms with Gasteiger partial charge in [-0.25, -0.2) is 9.59 Å². The van der Waals surface area contributed by atoms with E-state index in [-0.39, 0.29) is 6.03 Å². The lowest BCUT2D eigenvalue weighted by molar-refractivity contribution is -0.142. The van der Waals surface area contributed by atoms with Crippen LogP contribution in [0.25, 0.3) is 0 Å². The SMILES string of the molecule is COC(=O)[C@H](C)NC(=O)N1CCc2cc(OC)c(OC)cc2C1. The maximum atomic E-state index is 12.3. The maximum absolute atomic E-state index is 12.3. The van der Waals surface area contributed by atoms with Gasteiger partial charge in [-0.3, -0.25) is 0 Å². The zero-order chi connectivity index (χ0) is 17.0. The number of carbonyl (C=O) groups excluding carboxylic acids is 2. The van der Waals surface area contributed by atoms with Crippen molar-refractivity contribution in [3.05, 3.63) is 23.3 Å². The number of carbonyl (C=O) groups is 2. The summed E-state index contributed by atoms with van der Waals surface area (Å²) in [6.45, 7) is 2.62. The van der Waals surface area contributed by atoms with Gasteiger partial charge in [0.1, 0.15) is 6.04 Å². The Labute approximate surface area is 135 Å². The molecule has 0 aliphatic carbocycles. The first-order valence-electron chi connectivity index (χ1n) is 7.37. The third kappa shape index (κ3) is 3.67. The topological polar surface area (TPSA) is 77.1 Å². The van der Waals surface area contributed by atoms with Crippen LogP contribution < -0.4 is 14.8 Å². The summed E-state index contributed by atoms with van der Waals surface area (Å²) in [6, 6.07) is 2.86. The monoisotopic (exact) mass is 322 g/mol. The van der Waals surface area contributed by atoms with Crippen molar-refractivity contribution >= 4 is 12.0 Å². The number of nitrogens with one attached hydrogen (secondary N) is 1. The molecule has 7 heteroatoms. The van der Waals surface area contributed by atoms with E-state index in [0.29, 0.717) is 24.6 Å². The van der Waals surface area contributed by atoms with Gasteiger partial charge in [-0.15, -0.1) is 0 Å². The van der Waals surface area contributed by atoms with Gasteiger partial charge in [0.15, 0.2) is 11.5 Å². The van der Waals surface area contributed by atoms with Crippen molar-refractivity contribution in [2.75, 3.05) is 27.9 Å². The van der Waals surface area contributed by atoms with Crippen molar-refractivity contribution in [3.63, 3.8) is 0 Å². The van der Waals surface area contributed by atoms with E-state index >= 15 is 0 Å². The first-order chi connectivity index (χ1) is 11.0. The van der Waals surface area contributed by atoms with E-state index in [0.717, 1.165) is 17.5 Å². The number of amides is 2. The van der Waals surface area contributed by atoms with E-state index in [2.05, 4.69) is 10.1 Å². The molecule has 0 bridgehead atoms. The van der Waals surface area contributed by atoms with Gasteiger partial charge >= 0.3 is 12.0 Å². The summed E-state index contributed by atoms with van der Waals surface area (Å²) in [5.74, 6) is 0.849. The molecule has 1 atom stereocenters. The molecule has 23 heavy (non-hydrogen) atoms. The smallest absolute Gasteiger partial charge is 0.328 e. The van der Waals surface area contributed by atoms with Gasteiger partial charge in [-0.1, -0.05) is 0 Å². The number of methoxy groups -OCH3 is 3. The summed E-state index contributed by atoms with van der Waals surface area (Å²) >= 11 is 0. The van der Waals surface area contributed by atoms with E-state index < -0.39 is 12.0 Å². The van der Waals surface area contributed by atoms with Crippen LogP contribution in [0.5, 0.6) is 11.5 Å². The molecule has 0 aromatic heterocycles. The second kappa shape index (κ2) is 7.21. The molecule has 0 spiro atoms. The molecule has 2 amide bonds. The Morgan fingerprint density at radius 2 is 1.74 bits per heavy atom. The third-order valence-electron chi connectivity index (χ3n) is 3.90. The minimum atomic E-state index is -0.681. The van der Waals surface area contributed by atoms with Gasteiger partial charge in [0.25, 0.3) is 0 Å². The van der Waals surface area contributed by atoms with Gasteiger partial charge in [-0.2, -0.15) is 0 Å². The first-order valence-corrected chi connectivity index (χ1v) is 7.37. The molecule has 1 heterocycles. The predicted octanol–water partition coefficient (Wildman–Crippen LogP) is 1.33. The summed E-state index contributed by atoms with van der Waals surface area (Å²) in [6.07, 6.45) is 0.718. The highest BCUT2D eigenvalue weighted by atomic mass is 16.5. The van der Waals surface area contributed by atoms with Crippen molar-refractivity contribution in [1.29, 1.82) is 0 Å². The normalized spacial score (nSPS) is 14.5. The second-order valence-electron chi connectivity index (χ2n) is 5.34. The third-order valence-corrected chi connectivity index (χ3v) is 3.90. The van der Waals surface area contributed by atoms with Crippen LogP contribution in [0.15, 0.2) is 12.1 Å². The van der Waals surface area contributed by atoms with Gasteiger partial charge in [0.05, 0.1) is 21.3 Å². The summed E-state index contributed by atoms with van der Waals surface area (Å²) in [5, 5.41) is 2.64. The molecule has 0 radical (unpaired) electrons. The Morgan fingerprint density at radius 3 is 2.30 bits per heavy atom. The van der Waals surface area contributed by atoms with E-state index in [9.17, 15) is 9.59 Å². The van der Waals surface area contributed by atoms with Crippen molar-refractivity contribution in [3.8, 4) is 11.5 Å². The molecule has 2 rings (SSSR count). The first kappa shape index (κ1) is 16.9. The second-order valence-corrected chi connectivity index (χ2v) is 5.34. The fourth-order valence-corrected chi connectivity index (χ4v) is 2.57. The number of hydrogen-bond donors (Lipinski definition) is 1. The van der Waals surface area contributed by atoms with Crippen molar-refractivity contribution in [2.45, 2.75) is 25.9 Å². The van der Waals surface area contributed by atoms with Crippen LogP contribution in [-0.2, 0) is 22.5 Å². The van der Waals surface area contributed by atoms with Crippen molar-refractivity contribution in [1.82, 2.24) is 10.2 Å². The fourth-order valence-electron chi connectivity index (χ4n) is 2.57. The summed E-state index contributed by atoms with van der Waals surface area (Å²) in [5.41, 5.74) is 2.14. The quantitative estimate of drug-likeness (QED) is 0.846. The van der Waals surface area contributed by atoms with Crippen molar-refractivity contribution < 1.29 is 23.8 Å². The van der Waals surface area contributed by atoms with Gasteiger partial charge in [0, 0.05) is 13.1 Å². The van der Waals surface area contributed by atoms with Gasteiger partial charge < -0.3 is 24.4 Å². The predicted molar refractivity (Wildman–Crippen MR) is 83.7 cm³/mol. The standard InChI is InChI=1S/C16H22N2O5/c1-10(15(19)23-4)17-16(20)18-6-5-11-7-13(21-2)14(22-3)8-12(11)9-18/h7-8,10H,5-6,9H2,1-4H3,(H,17,20)/t10-/m0/s1. The molecule has 1 aromatic rings. The van der Waals surface area contributed by atoms with Crippen LogP contribution >= 0.6 is 0 Å². The lowest BCUT2D eigenvalue weighted by atomic mass is 9.99. The van der Waals surface area contributed by atoms with Crippen LogP contribution in [-0.4, -0.2) is 50.8 Å². The molecule has 7 nitrogen and oxygen atoms in total. The number of fused-ring (bicyclic) bond motifs is 1. The van der Waals surface area contributed by atoms with Crippen LogP contribution in [0.3, 0.4) is 0 Å². The average Bonchev–Trinajstić information content (AvgIpc) is 2.58. The molecule has 126 valence electrons. The fraction of sp³-hybridized carbons (Fsp3) is 0.500. The number of esters is 1. The molecule has 0 unspecified atom stereocenters. The number of rotatable bonds is 4. The Balaban J connectivity index is 2.10. The molecular formula is C16H22N2O5. The summed E-state index contributed by atoms with van der Waals surface area (Å²) < 4.78 is 15.2. The van der Waals surface area contributed by atoms with Crippen LogP contribution in [0.4, 0.5) is 4.79 Å². The Morgan fingerprint density at radius 1 is 1.13 bits per heavy atom. The zero-order valence-corrected chi connectivity index (χ0v) is 13.8. The lowest BCUT2D eigenvalue weighted by Gasteiger charge is -2.30. The van der Waals surface area contributed by atoms with E-state index in [1.807, 2.05) is 12.1 Å². The highest BCUT2D eigenvalue weighted by molar-refractivity contribution is 5.83. The molecule has 1 aliphatic rings. The molecule has 1 aromatic carbocycles. The van der Waals surface area contributed by atoms with E-state index in [1.165, 1.54) is 7.11 Å². The molecule has 1 N–H and O–H groups in total. The molecule has 1 aliphatic heterocycles. The average molecular weight is 322 g/mol. The summed E-state index contributed by atoms with van der Waals surface area (Å²) in [7, 11) is 4.47. The summed E-state index contributed by atoms with van der Waals surface area (Å²) in [4.78, 5) is 25.3. The maximum Gasteiger partial charge on any atom is 0.328 e. The lowest BCUT2D eigenvalue weighted by Crippen LogP contribution is -2.48. The van der Waals surface area contributed by atoms with Crippen LogP contribution in [0, 0.1) is 0 Å². The van der Waals surface area contributed by atoms with Crippen LogP contribution in [0.2, 0.25) is 0 Å². The Hall–Kier alpha value is -2.44. The Bertz CT molecular complexity index is 602. The van der Waals surface area contributed by atoms with Gasteiger partial charge in [0.2, 0.25) is 0 Å². The number of hydrogen-bond acceptors (Lipinski definition) is 5.